The van der Waals surface area contributed by atoms with Gasteiger partial charge in [0.05, 0.1) is 0 Å². The predicted molar refractivity (Wildman–Crippen MR) is 83.5 cm³/mol. The normalized spacial score (nSPS) is 12.1. The Morgan fingerprint density at radius 3 is 2.19 bits per heavy atom. The Bertz CT molecular complexity index is 763. The zero-order valence-corrected chi connectivity index (χ0v) is 13.9. The van der Waals surface area contributed by atoms with Gasteiger partial charge in [-0.1, -0.05) is 18.2 Å². The van der Waals surface area contributed by atoms with E-state index in [1.165, 1.54) is 0 Å². The molecule has 0 fully saturated rings. The number of pyridine rings is 1. The van der Waals surface area contributed by atoms with Gasteiger partial charge in [-0.25, -0.2) is 4.79 Å². The molecule has 0 atom stereocenters. The zero-order chi connectivity index (χ0) is 20.2. The van der Waals surface area contributed by atoms with E-state index in [1.807, 2.05) is 0 Å². The van der Waals surface area contributed by atoms with Crippen LogP contribution < -0.4 is 0 Å². The Morgan fingerprint density at radius 1 is 1.04 bits per heavy atom. The Morgan fingerprint density at radius 2 is 1.63 bits per heavy atom. The van der Waals surface area contributed by atoms with Crippen LogP contribution in [-0.4, -0.2) is 41.5 Å². The average Bonchev–Trinajstić information content (AvgIpc) is 2.58. The van der Waals surface area contributed by atoms with Crippen molar-refractivity contribution in [1.82, 2.24) is 9.88 Å². The van der Waals surface area contributed by atoms with Crippen LogP contribution in [0.25, 0.3) is 11.1 Å². The predicted octanol–water partition coefficient (Wildman–Crippen LogP) is 4.81. The van der Waals surface area contributed by atoms with E-state index in [-0.39, 0.29) is 6.54 Å². The van der Waals surface area contributed by atoms with Crippen molar-refractivity contribution in [3.05, 3.63) is 54.4 Å². The first-order valence-corrected chi connectivity index (χ1v) is 7.53. The second-order valence-corrected chi connectivity index (χ2v) is 5.64. The lowest BCUT2D eigenvalue weighted by molar-refractivity contribution is -0.308. The summed E-state index contributed by atoms with van der Waals surface area (Å²) in [5, 5.41) is 0. The number of aromatic nitrogens is 1. The first-order chi connectivity index (χ1) is 12.5. The van der Waals surface area contributed by atoms with Gasteiger partial charge >= 0.3 is 18.4 Å². The van der Waals surface area contributed by atoms with Crippen LogP contribution in [0.5, 0.6) is 0 Å². The molecule has 1 amide bonds. The van der Waals surface area contributed by atoms with Crippen molar-refractivity contribution in [3.63, 3.8) is 0 Å². The van der Waals surface area contributed by atoms with Crippen molar-refractivity contribution in [2.75, 3.05) is 7.05 Å². The van der Waals surface area contributed by atoms with Crippen LogP contribution in [0.2, 0.25) is 0 Å². The quantitative estimate of drug-likeness (QED) is 0.702. The van der Waals surface area contributed by atoms with E-state index in [0.717, 1.165) is 18.2 Å². The molecule has 0 saturated carbocycles. The monoisotopic (exact) mass is 392 g/mol. The fraction of sp³-hybridized carbons (Fsp3) is 0.294. The maximum Gasteiger partial charge on any atom is 0.434 e. The third-order valence-corrected chi connectivity index (χ3v) is 3.49. The van der Waals surface area contributed by atoms with Gasteiger partial charge in [0.1, 0.15) is 0 Å². The lowest BCUT2D eigenvalue weighted by Gasteiger charge is -2.25. The summed E-state index contributed by atoms with van der Waals surface area (Å²) in [6.45, 7) is -0.236. The zero-order valence-electron chi connectivity index (χ0n) is 13.9. The summed E-state index contributed by atoms with van der Waals surface area (Å²) in [4.78, 5) is 16.2. The summed E-state index contributed by atoms with van der Waals surface area (Å²) in [7, 11) is 1.05. The molecule has 0 N–H and O–H groups in total. The molecule has 0 aliphatic rings. The van der Waals surface area contributed by atoms with Gasteiger partial charge in [0.25, 0.3) is 6.10 Å². The number of carbonyl (C=O) groups excluding carboxylic acids is 1. The van der Waals surface area contributed by atoms with Gasteiger partial charge in [-0.15, -0.1) is 0 Å². The van der Waals surface area contributed by atoms with Crippen molar-refractivity contribution in [3.8, 4) is 11.1 Å². The maximum absolute atomic E-state index is 12.5. The topological polar surface area (TPSA) is 42.4 Å². The summed E-state index contributed by atoms with van der Waals surface area (Å²) in [5.41, 5.74) is 2.06. The molecule has 0 radical (unpaired) electrons. The summed E-state index contributed by atoms with van der Waals surface area (Å²) in [6.07, 6.45) is -14.3. The van der Waals surface area contributed by atoms with Crippen LogP contribution in [0, 0.1) is 0 Å². The number of amides is 1. The van der Waals surface area contributed by atoms with Crippen LogP contribution in [-0.2, 0) is 11.3 Å². The third kappa shape index (κ3) is 5.60. The Kier molecular flexibility index (Phi) is 5.97. The lowest BCUT2D eigenvalue weighted by atomic mass is 10.0. The minimum atomic E-state index is -5.75. The van der Waals surface area contributed by atoms with Crippen molar-refractivity contribution in [1.29, 1.82) is 0 Å². The highest BCUT2D eigenvalue weighted by Gasteiger charge is 2.60. The molecule has 27 heavy (non-hydrogen) atoms. The van der Waals surface area contributed by atoms with Crippen LogP contribution in [0.15, 0.2) is 48.8 Å². The highest BCUT2D eigenvalue weighted by Crippen LogP contribution is 2.36. The number of hydrogen-bond donors (Lipinski definition) is 0. The fourth-order valence-corrected chi connectivity index (χ4v) is 2.24. The molecule has 2 aromatic rings. The number of nitrogens with zero attached hydrogens (tertiary/aromatic N) is 2. The van der Waals surface area contributed by atoms with E-state index in [9.17, 15) is 31.1 Å². The SMILES string of the molecule is CN(Cc1cccc(-c2ccncc2)c1)C(=O)OC(C(F)(F)F)C(F)(F)F. The molecule has 146 valence electrons. The van der Waals surface area contributed by atoms with Crippen LogP contribution in [0.4, 0.5) is 31.1 Å². The van der Waals surface area contributed by atoms with Crippen LogP contribution >= 0.6 is 0 Å². The molecule has 1 heterocycles. The van der Waals surface area contributed by atoms with E-state index in [2.05, 4.69) is 9.72 Å². The summed E-state index contributed by atoms with van der Waals surface area (Å²) in [5.74, 6) is 0. The maximum atomic E-state index is 12.5. The highest BCUT2D eigenvalue weighted by molar-refractivity contribution is 5.68. The summed E-state index contributed by atoms with van der Waals surface area (Å²) >= 11 is 0. The Labute approximate surface area is 150 Å². The van der Waals surface area contributed by atoms with Gasteiger partial charge in [0.2, 0.25) is 0 Å². The van der Waals surface area contributed by atoms with Gasteiger partial charge in [-0.2, -0.15) is 26.3 Å². The largest absolute Gasteiger partial charge is 0.434 e. The van der Waals surface area contributed by atoms with Crippen LogP contribution in [0.1, 0.15) is 5.56 Å². The molecule has 2 rings (SSSR count). The Hall–Kier alpha value is -2.78. The molecular weight excluding hydrogens is 378 g/mol. The standard InChI is InChI=1S/C17H14F6N2O2/c1-25(15(26)27-14(16(18,19)20)17(21,22)23)10-11-3-2-4-13(9-11)12-5-7-24-8-6-12/h2-9,14H,10H2,1H3. The average molecular weight is 392 g/mol. The van der Waals surface area contributed by atoms with E-state index in [0.29, 0.717) is 10.5 Å². The molecule has 1 aromatic carbocycles. The van der Waals surface area contributed by atoms with Crippen LogP contribution in [0.3, 0.4) is 0 Å². The molecule has 0 aliphatic heterocycles. The number of alkyl halides is 6. The molecule has 0 bridgehead atoms. The Balaban J connectivity index is 2.10. The lowest BCUT2D eigenvalue weighted by Crippen LogP contribution is -2.47. The van der Waals surface area contributed by atoms with E-state index in [4.69, 9.17) is 0 Å². The molecule has 0 spiro atoms. The van der Waals surface area contributed by atoms with Crippen molar-refractivity contribution >= 4 is 6.09 Å². The van der Waals surface area contributed by atoms with Crippen molar-refractivity contribution in [2.24, 2.45) is 0 Å². The highest BCUT2D eigenvalue weighted by atomic mass is 19.4. The molecule has 10 heteroatoms. The minimum absolute atomic E-state index is 0.236. The minimum Gasteiger partial charge on any atom is -0.426 e. The molecule has 0 unspecified atom stereocenters. The molecule has 0 aliphatic carbocycles. The van der Waals surface area contributed by atoms with E-state index >= 15 is 0 Å². The van der Waals surface area contributed by atoms with E-state index in [1.54, 1.807) is 48.8 Å². The number of ether oxygens (including phenoxy) is 1. The van der Waals surface area contributed by atoms with E-state index < -0.39 is 24.5 Å². The molecule has 1 aromatic heterocycles. The first kappa shape index (κ1) is 20.5. The first-order valence-electron chi connectivity index (χ1n) is 7.53. The number of hydrogen-bond acceptors (Lipinski definition) is 3. The fourth-order valence-electron chi connectivity index (χ4n) is 2.24. The number of rotatable bonds is 4. The number of halogens is 6. The summed E-state index contributed by atoms with van der Waals surface area (Å²) in [6, 6.07) is 10.1. The third-order valence-electron chi connectivity index (χ3n) is 3.49. The smallest absolute Gasteiger partial charge is 0.426 e. The van der Waals surface area contributed by atoms with Gasteiger partial charge in [0.15, 0.2) is 0 Å². The molecule has 0 saturated heterocycles. The molecular formula is C17H14F6N2O2. The molecule has 4 nitrogen and oxygen atoms in total. The van der Waals surface area contributed by atoms with Gasteiger partial charge in [-0.3, -0.25) is 4.98 Å². The van der Waals surface area contributed by atoms with Gasteiger partial charge in [0, 0.05) is 26.0 Å². The van der Waals surface area contributed by atoms with Gasteiger partial charge < -0.3 is 9.64 Å². The number of carbonyl (C=O) groups is 1. The summed E-state index contributed by atoms with van der Waals surface area (Å²) < 4.78 is 78.6. The number of benzene rings is 1. The van der Waals surface area contributed by atoms with Gasteiger partial charge in [-0.05, 0) is 34.9 Å². The second-order valence-electron chi connectivity index (χ2n) is 5.64. The van der Waals surface area contributed by atoms with Crippen molar-refractivity contribution < 1.29 is 35.9 Å². The second kappa shape index (κ2) is 7.85. The van der Waals surface area contributed by atoms with Crippen molar-refractivity contribution in [2.45, 2.75) is 25.0 Å².